The maximum absolute atomic E-state index is 12.4. The highest BCUT2D eigenvalue weighted by atomic mass is 32.1. The largest absolute Gasteiger partial charge is 0.393 e. The summed E-state index contributed by atoms with van der Waals surface area (Å²) in [5, 5.41) is 12.6. The van der Waals surface area contributed by atoms with Gasteiger partial charge in [0, 0.05) is 11.1 Å². The SMILES string of the molecule is Cc1ccc(C(=O)NC(c2ccccn2)C2CC(O)C2)s1. The number of aromatic nitrogens is 1. The highest BCUT2D eigenvalue weighted by Gasteiger charge is 2.36. The van der Waals surface area contributed by atoms with Crippen molar-refractivity contribution >= 4 is 17.2 Å². The Labute approximate surface area is 127 Å². The summed E-state index contributed by atoms with van der Waals surface area (Å²) in [7, 11) is 0. The predicted octanol–water partition coefficient (Wildman–Crippen LogP) is 2.69. The minimum Gasteiger partial charge on any atom is -0.393 e. The van der Waals surface area contributed by atoms with Crippen molar-refractivity contribution < 1.29 is 9.90 Å². The van der Waals surface area contributed by atoms with Gasteiger partial charge in [-0.1, -0.05) is 6.07 Å². The molecule has 2 aromatic rings. The van der Waals surface area contributed by atoms with Crippen LogP contribution in [0.1, 0.15) is 39.1 Å². The molecule has 1 fully saturated rings. The summed E-state index contributed by atoms with van der Waals surface area (Å²) < 4.78 is 0. The Bertz CT molecular complexity index is 620. The highest BCUT2D eigenvalue weighted by molar-refractivity contribution is 7.13. The number of rotatable bonds is 4. The zero-order valence-electron chi connectivity index (χ0n) is 11.8. The number of carbonyl (C=O) groups excluding carboxylic acids is 1. The summed E-state index contributed by atoms with van der Waals surface area (Å²) in [6.45, 7) is 1.99. The average Bonchev–Trinajstić information content (AvgIpc) is 2.89. The highest BCUT2D eigenvalue weighted by Crippen LogP contribution is 2.37. The molecule has 0 bridgehead atoms. The summed E-state index contributed by atoms with van der Waals surface area (Å²) in [4.78, 5) is 18.6. The normalized spacial score (nSPS) is 22.4. The Morgan fingerprint density at radius 2 is 2.19 bits per heavy atom. The third kappa shape index (κ3) is 3.14. The predicted molar refractivity (Wildman–Crippen MR) is 82.2 cm³/mol. The molecular formula is C16H18N2O2S. The van der Waals surface area contributed by atoms with Crippen molar-refractivity contribution in [1.29, 1.82) is 0 Å². The summed E-state index contributed by atoms with van der Waals surface area (Å²) in [6, 6.07) is 9.37. The molecular weight excluding hydrogens is 284 g/mol. The minimum absolute atomic E-state index is 0.0647. The fourth-order valence-electron chi connectivity index (χ4n) is 2.66. The number of carbonyl (C=O) groups is 1. The van der Waals surface area contributed by atoms with E-state index in [2.05, 4.69) is 10.3 Å². The van der Waals surface area contributed by atoms with Crippen molar-refractivity contribution in [2.24, 2.45) is 5.92 Å². The molecule has 2 heterocycles. The van der Waals surface area contributed by atoms with E-state index in [9.17, 15) is 9.90 Å². The molecule has 1 amide bonds. The van der Waals surface area contributed by atoms with Gasteiger partial charge < -0.3 is 10.4 Å². The second-order valence-electron chi connectivity index (χ2n) is 5.50. The van der Waals surface area contributed by atoms with Gasteiger partial charge >= 0.3 is 0 Å². The van der Waals surface area contributed by atoms with E-state index in [-0.39, 0.29) is 24.0 Å². The third-order valence-corrected chi connectivity index (χ3v) is 4.88. The van der Waals surface area contributed by atoms with Crippen molar-refractivity contribution in [3.05, 3.63) is 52.0 Å². The van der Waals surface area contributed by atoms with Crippen LogP contribution in [0.4, 0.5) is 0 Å². The number of hydrogen-bond donors (Lipinski definition) is 2. The first-order valence-corrected chi connectivity index (χ1v) is 7.91. The number of hydrogen-bond acceptors (Lipinski definition) is 4. The van der Waals surface area contributed by atoms with Gasteiger partial charge in [-0.2, -0.15) is 0 Å². The second-order valence-corrected chi connectivity index (χ2v) is 6.79. The molecule has 0 saturated heterocycles. The van der Waals surface area contributed by atoms with Gasteiger partial charge in [-0.05, 0) is 49.9 Å². The van der Waals surface area contributed by atoms with Gasteiger partial charge in [0.1, 0.15) is 0 Å². The van der Waals surface area contributed by atoms with E-state index >= 15 is 0 Å². The first-order valence-electron chi connectivity index (χ1n) is 7.10. The van der Waals surface area contributed by atoms with E-state index in [1.165, 1.54) is 11.3 Å². The Morgan fingerprint density at radius 3 is 2.76 bits per heavy atom. The van der Waals surface area contributed by atoms with Gasteiger partial charge in [0.15, 0.2) is 0 Å². The molecule has 21 heavy (non-hydrogen) atoms. The monoisotopic (exact) mass is 302 g/mol. The summed E-state index contributed by atoms with van der Waals surface area (Å²) in [6.07, 6.45) is 2.91. The number of thiophene rings is 1. The van der Waals surface area contributed by atoms with Crippen LogP contribution in [-0.2, 0) is 0 Å². The topological polar surface area (TPSA) is 62.2 Å². The van der Waals surface area contributed by atoms with E-state index in [1.54, 1.807) is 6.20 Å². The van der Waals surface area contributed by atoms with Crippen LogP contribution in [0.5, 0.6) is 0 Å². The lowest BCUT2D eigenvalue weighted by molar-refractivity contribution is 0.0228. The second kappa shape index (κ2) is 5.95. The van der Waals surface area contributed by atoms with Gasteiger partial charge in [-0.25, -0.2) is 0 Å². The third-order valence-electron chi connectivity index (χ3n) is 3.88. The molecule has 3 rings (SSSR count). The fourth-order valence-corrected chi connectivity index (χ4v) is 3.43. The molecule has 2 aromatic heterocycles. The fraction of sp³-hybridized carbons (Fsp3) is 0.375. The van der Waals surface area contributed by atoms with Gasteiger partial charge in [0.05, 0.1) is 22.7 Å². The van der Waals surface area contributed by atoms with Crippen LogP contribution in [0.2, 0.25) is 0 Å². The Morgan fingerprint density at radius 1 is 1.38 bits per heavy atom. The van der Waals surface area contributed by atoms with Crippen LogP contribution in [0, 0.1) is 12.8 Å². The van der Waals surface area contributed by atoms with E-state index in [4.69, 9.17) is 0 Å². The van der Waals surface area contributed by atoms with Crippen LogP contribution in [0.3, 0.4) is 0 Å². The molecule has 5 heteroatoms. The number of pyridine rings is 1. The van der Waals surface area contributed by atoms with Crippen molar-refractivity contribution in [2.75, 3.05) is 0 Å². The maximum atomic E-state index is 12.4. The van der Waals surface area contributed by atoms with E-state index < -0.39 is 0 Å². The number of aliphatic hydroxyl groups excluding tert-OH is 1. The number of nitrogens with one attached hydrogen (secondary N) is 1. The van der Waals surface area contributed by atoms with Crippen molar-refractivity contribution in [1.82, 2.24) is 10.3 Å². The lowest BCUT2D eigenvalue weighted by Crippen LogP contribution is -2.41. The molecule has 2 N–H and O–H groups in total. The van der Waals surface area contributed by atoms with Crippen LogP contribution in [0.25, 0.3) is 0 Å². The molecule has 1 aliphatic rings. The Hall–Kier alpha value is -1.72. The lowest BCUT2D eigenvalue weighted by atomic mass is 9.76. The summed E-state index contributed by atoms with van der Waals surface area (Å²) in [5.74, 6) is 0.185. The first kappa shape index (κ1) is 14.2. The van der Waals surface area contributed by atoms with Gasteiger partial charge in [0.2, 0.25) is 0 Å². The molecule has 1 aliphatic carbocycles. The van der Waals surface area contributed by atoms with Crippen LogP contribution < -0.4 is 5.32 Å². The summed E-state index contributed by atoms with van der Waals surface area (Å²) in [5.41, 5.74) is 0.857. The minimum atomic E-state index is -0.248. The number of nitrogens with zero attached hydrogens (tertiary/aromatic N) is 1. The van der Waals surface area contributed by atoms with Crippen molar-refractivity contribution in [3.63, 3.8) is 0 Å². The molecule has 1 saturated carbocycles. The molecule has 4 nitrogen and oxygen atoms in total. The summed E-state index contributed by atoms with van der Waals surface area (Å²) >= 11 is 1.49. The molecule has 0 aliphatic heterocycles. The number of aliphatic hydroxyl groups is 1. The van der Waals surface area contributed by atoms with E-state index in [0.717, 1.165) is 10.6 Å². The molecule has 1 atom stereocenters. The lowest BCUT2D eigenvalue weighted by Gasteiger charge is -2.37. The molecule has 110 valence electrons. The Kier molecular flexibility index (Phi) is 4.03. The first-order chi connectivity index (χ1) is 10.1. The van der Waals surface area contributed by atoms with Gasteiger partial charge in [0.25, 0.3) is 5.91 Å². The van der Waals surface area contributed by atoms with E-state index in [1.807, 2.05) is 37.3 Å². The van der Waals surface area contributed by atoms with Gasteiger partial charge in [-0.15, -0.1) is 11.3 Å². The maximum Gasteiger partial charge on any atom is 0.261 e. The Balaban J connectivity index is 1.78. The molecule has 0 spiro atoms. The van der Waals surface area contributed by atoms with E-state index in [0.29, 0.717) is 17.7 Å². The average molecular weight is 302 g/mol. The van der Waals surface area contributed by atoms with Crippen molar-refractivity contribution in [2.45, 2.75) is 31.9 Å². The molecule has 0 radical (unpaired) electrons. The quantitative estimate of drug-likeness (QED) is 0.913. The number of aryl methyl sites for hydroxylation is 1. The number of amides is 1. The van der Waals surface area contributed by atoms with Crippen LogP contribution in [-0.4, -0.2) is 22.1 Å². The smallest absolute Gasteiger partial charge is 0.261 e. The zero-order chi connectivity index (χ0) is 14.8. The van der Waals surface area contributed by atoms with Crippen LogP contribution in [0.15, 0.2) is 36.5 Å². The zero-order valence-corrected chi connectivity index (χ0v) is 12.6. The van der Waals surface area contributed by atoms with Crippen LogP contribution >= 0.6 is 11.3 Å². The van der Waals surface area contributed by atoms with Crippen molar-refractivity contribution in [3.8, 4) is 0 Å². The molecule has 1 unspecified atom stereocenters. The standard InChI is InChI=1S/C16H18N2O2S/c1-10-5-6-14(21-10)16(20)18-15(11-8-12(19)9-11)13-4-2-3-7-17-13/h2-7,11-12,15,19H,8-9H2,1H3,(H,18,20). The van der Waals surface area contributed by atoms with Gasteiger partial charge in [-0.3, -0.25) is 9.78 Å². The molecule has 0 aromatic carbocycles.